The van der Waals surface area contributed by atoms with Gasteiger partial charge in [0.15, 0.2) is 6.61 Å². The fourth-order valence-electron chi connectivity index (χ4n) is 1.61. The minimum absolute atomic E-state index is 0.0393. The van der Waals surface area contributed by atoms with Crippen molar-refractivity contribution in [2.24, 2.45) is 0 Å². The van der Waals surface area contributed by atoms with Crippen molar-refractivity contribution in [1.82, 2.24) is 4.90 Å². The Balaban J connectivity index is 1.83. The molecule has 16 heavy (non-hydrogen) atoms. The molecule has 4 heteroatoms. The lowest BCUT2D eigenvalue weighted by Crippen LogP contribution is -2.54. The molecule has 1 saturated heterocycles. The zero-order valence-corrected chi connectivity index (χ0v) is 9.22. The average molecular weight is 221 g/mol. The molecule has 86 valence electrons. The van der Waals surface area contributed by atoms with Crippen LogP contribution in [0.3, 0.4) is 0 Å². The number of likely N-dealkylation sites (tertiary alicyclic amines) is 1. The second-order valence-electron chi connectivity index (χ2n) is 4.01. The molecule has 0 saturated carbocycles. The maximum absolute atomic E-state index is 11.5. The summed E-state index contributed by atoms with van der Waals surface area (Å²) < 4.78 is 5.42. The van der Waals surface area contributed by atoms with Crippen molar-refractivity contribution < 1.29 is 14.6 Å². The summed E-state index contributed by atoms with van der Waals surface area (Å²) in [5.74, 6) is 0.658. The van der Waals surface area contributed by atoms with Gasteiger partial charge >= 0.3 is 0 Å². The molecule has 0 bridgehead atoms. The fourth-order valence-corrected chi connectivity index (χ4v) is 1.61. The van der Waals surface area contributed by atoms with Crippen LogP contribution >= 0.6 is 0 Å². The molecule has 1 aromatic rings. The van der Waals surface area contributed by atoms with Crippen LogP contribution in [0, 0.1) is 6.92 Å². The highest BCUT2D eigenvalue weighted by Gasteiger charge is 2.28. The zero-order valence-electron chi connectivity index (χ0n) is 9.22. The van der Waals surface area contributed by atoms with E-state index in [2.05, 4.69) is 0 Å². The number of carbonyl (C=O) groups is 1. The maximum atomic E-state index is 11.5. The molecule has 0 atom stereocenters. The zero-order chi connectivity index (χ0) is 11.5. The standard InChI is InChI=1S/C12H15NO3/c1-9-4-2-3-5-11(9)16-8-12(15)13-6-10(14)7-13/h2-5,10,14H,6-8H2,1H3. The molecule has 1 aliphatic rings. The van der Waals surface area contributed by atoms with E-state index in [1.807, 2.05) is 31.2 Å². The van der Waals surface area contributed by atoms with E-state index >= 15 is 0 Å². The molecule has 1 aromatic carbocycles. The summed E-state index contributed by atoms with van der Waals surface area (Å²) in [7, 11) is 0. The first kappa shape index (κ1) is 11.0. The Morgan fingerprint density at radius 3 is 2.81 bits per heavy atom. The monoisotopic (exact) mass is 221 g/mol. The van der Waals surface area contributed by atoms with Gasteiger partial charge < -0.3 is 14.7 Å². The lowest BCUT2D eigenvalue weighted by atomic mass is 10.2. The van der Waals surface area contributed by atoms with Crippen LogP contribution in [0.1, 0.15) is 5.56 Å². The molecule has 0 spiro atoms. The summed E-state index contributed by atoms with van der Waals surface area (Å²) in [5.41, 5.74) is 1.01. The minimum atomic E-state index is -0.359. The average Bonchev–Trinajstić information content (AvgIpc) is 2.23. The topological polar surface area (TPSA) is 49.8 Å². The van der Waals surface area contributed by atoms with Crippen molar-refractivity contribution in [1.29, 1.82) is 0 Å². The van der Waals surface area contributed by atoms with E-state index in [-0.39, 0.29) is 18.6 Å². The molecule has 2 rings (SSSR count). The van der Waals surface area contributed by atoms with Gasteiger partial charge in [0.05, 0.1) is 6.10 Å². The number of carbonyl (C=O) groups excluding carboxylic acids is 1. The quantitative estimate of drug-likeness (QED) is 0.812. The summed E-state index contributed by atoms with van der Waals surface area (Å²) in [5, 5.41) is 9.06. The molecule has 1 heterocycles. The van der Waals surface area contributed by atoms with Crippen LogP contribution in [0.25, 0.3) is 0 Å². The largest absolute Gasteiger partial charge is 0.484 e. The van der Waals surface area contributed by atoms with Gasteiger partial charge in [0.2, 0.25) is 0 Å². The molecule has 1 aliphatic heterocycles. The first-order chi connectivity index (χ1) is 7.66. The van der Waals surface area contributed by atoms with E-state index in [0.717, 1.165) is 11.3 Å². The Labute approximate surface area is 94.4 Å². The summed E-state index contributed by atoms with van der Waals surface area (Å²) in [6.45, 7) is 2.83. The Hall–Kier alpha value is -1.55. The number of rotatable bonds is 3. The number of aryl methyl sites for hydroxylation is 1. The van der Waals surface area contributed by atoms with Gasteiger partial charge in [-0.15, -0.1) is 0 Å². The van der Waals surface area contributed by atoms with E-state index in [4.69, 9.17) is 9.84 Å². The lowest BCUT2D eigenvalue weighted by molar-refractivity contribution is -0.143. The van der Waals surface area contributed by atoms with Crippen molar-refractivity contribution in [2.45, 2.75) is 13.0 Å². The van der Waals surface area contributed by atoms with Crippen molar-refractivity contribution in [3.8, 4) is 5.75 Å². The second-order valence-corrected chi connectivity index (χ2v) is 4.01. The van der Waals surface area contributed by atoms with Crippen LogP contribution in [0.4, 0.5) is 0 Å². The van der Waals surface area contributed by atoms with E-state index in [9.17, 15) is 4.79 Å². The van der Waals surface area contributed by atoms with Crippen LogP contribution in [-0.4, -0.2) is 41.7 Å². The van der Waals surface area contributed by atoms with Gasteiger partial charge in [0, 0.05) is 13.1 Å². The third-order valence-corrected chi connectivity index (χ3v) is 2.66. The molecule has 1 N–H and O–H groups in total. The number of amides is 1. The molecule has 0 radical (unpaired) electrons. The number of benzene rings is 1. The van der Waals surface area contributed by atoms with Gasteiger partial charge in [-0.1, -0.05) is 18.2 Å². The molecular formula is C12H15NO3. The summed E-state index contributed by atoms with van der Waals surface area (Å²) >= 11 is 0. The first-order valence-corrected chi connectivity index (χ1v) is 5.31. The van der Waals surface area contributed by atoms with E-state index in [1.54, 1.807) is 4.90 Å². The smallest absolute Gasteiger partial charge is 0.260 e. The van der Waals surface area contributed by atoms with Crippen molar-refractivity contribution in [3.63, 3.8) is 0 Å². The number of nitrogens with zero attached hydrogens (tertiary/aromatic N) is 1. The highest BCUT2D eigenvalue weighted by atomic mass is 16.5. The van der Waals surface area contributed by atoms with Crippen LogP contribution in [0.2, 0.25) is 0 Å². The minimum Gasteiger partial charge on any atom is -0.484 e. The number of β-amino-alcohol motifs (C(OH)–C–C–N with tert-alkyl or cyclic N) is 1. The van der Waals surface area contributed by atoms with Gasteiger partial charge in [-0.05, 0) is 18.6 Å². The van der Waals surface area contributed by atoms with Crippen LogP contribution in [0.5, 0.6) is 5.75 Å². The third-order valence-electron chi connectivity index (χ3n) is 2.66. The van der Waals surface area contributed by atoms with Gasteiger partial charge in [-0.2, -0.15) is 0 Å². The number of aliphatic hydroxyl groups excluding tert-OH is 1. The van der Waals surface area contributed by atoms with Gasteiger partial charge in [0.25, 0.3) is 5.91 Å². The lowest BCUT2D eigenvalue weighted by Gasteiger charge is -2.35. The predicted molar refractivity (Wildman–Crippen MR) is 59.3 cm³/mol. The number of ether oxygens (including phenoxy) is 1. The van der Waals surface area contributed by atoms with Crippen LogP contribution in [-0.2, 0) is 4.79 Å². The van der Waals surface area contributed by atoms with Crippen LogP contribution < -0.4 is 4.74 Å². The maximum Gasteiger partial charge on any atom is 0.260 e. The number of hydrogen-bond acceptors (Lipinski definition) is 3. The molecule has 0 unspecified atom stereocenters. The van der Waals surface area contributed by atoms with Crippen LogP contribution in [0.15, 0.2) is 24.3 Å². The molecule has 0 aliphatic carbocycles. The second kappa shape index (κ2) is 4.53. The van der Waals surface area contributed by atoms with E-state index in [0.29, 0.717) is 13.1 Å². The number of para-hydroxylation sites is 1. The molecule has 0 aromatic heterocycles. The summed E-state index contributed by atoms with van der Waals surface area (Å²) in [6, 6.07) is 7.58. The van der Waals surface area contributed by atoms with Gasteiger partial charge in [-0.3, -0.25) is 4.79 Å². The normalized spacial score (nSPS) is 15.8. The Morgan fingerprint density at radius 2 is 2.19 bits per heavy atom. The Kier molecular flexibility index (Phi) is 3.10. The van der Waals surface area contributed by atoms with Crippen molar-refractivity contribution in [3.05, 3.63) is 29.8 Å². The van der Waals surface area contributed by atoms with Gasteiger partial charge in [0.1, 0.15) is 5.75 Å². The van der Waals surface area contributed by atoms with Gasteiger partial charge in [-0.25, -0.2) is 0 Å². The molecular weight excluding hydrogens is 206 g/mol. The molecule has 4 nitrogen and oxygen atoms in total. The summed E-state index contributed by atoms with van der Waals surface area (Å²) in [6.07, 6.45) is -0.359. The highest BCUT2D eigenvalue weighted by Crippen LogP contribution is 2.16. The van der Waals surface area contributed by atoms with Crippen molar-refractivity contribution >= 4 is 5.91 Å². The Bertz CT molecular complexity index is 386. The summed E-state index contributed by atoms with van der Waals surface area (Å²) in [4.78, 5) is 13.1. The number of hydrogen-bond donors (Lipinski definition) is 1. The van der Waals surface area contributed by atoms with E-state index in [1.165, 1.54) is 0 Å². The molecule has 1 fully saturated rings. The molecule has 1 amide bonds. The SMILES string of the molecule is Cc1ccccc1OCC(=O)N1CC(O)C1. The number of aliphatic hydroxyl groups is 1. The van der Waals surface area contributed by atoms with E-state index < -0.39 is 0 Å². The Morgan fingerprint density at radius 1 is 1.50 bits per heavy atom. The highest BCUT2D eigenvalue weighted by molar-refractivity contribution is 5.78. The third kappa shape index (κ3) is 2.33. The van der Waals surface area contributed by atoms with Crippen molar-refractivity contribution in [2.75, 3.05) is 19.7 Å². The predicted octanol–water partition coefficient (Wildman–Crippen LogP) is 0.577. The first-order valence-electron chi connectivity index (χ1n) is 5.31. The fraction of sp³-hybridized carbons (Fsp3) is 0.417.